The second-order valence-corrected chi connectivity index (χ2v) is 12.5. The molecule has 0 aromatic rings. The minimum Gasteiger partial charge on any atom is -0.351 e. The highest BCUT2D eigenvalue weighted by molar-refractivity contribution is 5.94. The molecule has 13 heteroatoms. The number of nitrogens with zero attached hydrogens (tertiary/aromatic N) is 2. The number of halogens is 4. The summed E-state index contributed by atoms with van der Waals surface area (Å²) < 4.78 is 53.4. The lowest BCUT2D eigenvalue weighted by Gasteiger charge is -2.34. The topological polar surface area (TPSA) is 131 Å². The van der Waals surface area contributed by atoms with Crippen LogP contribution in [-0.2, 0) is 19.2 Å². The first kappa shape index (κ1) is 28.1. The largest absolute Gasteiger partial charge is 0.471 e. The molecule has 6 atom stereocenters. The average molecular weight is 544 g/mol. The number of fused-ring (bicyclic) bond motifs is 1. The average Bonchev–Trinajstić information content (AvgIpc) is 3.49. The van der Waals surface area contributed by atoms with Gasteiger partial charge in [-0.3, -0.25) is 19.2 Å². The quantitative estimate of drug-likeness (QED) is 0.402. The monoisotopic (exact) mass is 543 g/mol. The molecule has 0 radical (unpaired) electrons. The Morgan fingerprint density at radius 3 is 2.32 bits per heavy atom. The van der Waals surface area contributed by atoms with Gasteiger partial charge in [0.25, 0.3) is 0 Å². The van der Waals surface area contributed by atoms with Crippen molar-refractivity contribution in [1.82, 2.24) is 20.9 Å². The highest BCUT2D eigenvalue weighted by Crippen LogP contribution is 2.65. The third-order valence-corrected chi connectivity index (χ3v) is 8.57. The van der Waals surface area contributed by atoms with Crippen LogP contribution in [0.2, 0.25) is 0 Å². The molecule has 4 amide bonds. The van der Waals surface area contributed by atoms with Gasteiger partial charge in [0.2, 0.25) is 17.7 Å². The molecule has 0 aromatic heterocycles. The third-order valence-electron chi connectivity index (χ3n) is 8.57. The zero-order chi connectivity index (χ0) is 28.4. The first-order valence-corrected chi connectivity index (χ1v) is 12.8. The van der Waals surface area contributed by atoms with Crippen molar-refractivity contribution in [2.24, 2.45) is 23.2 Å². The Morgan fingerprint density at radius 1 is 1.18 bits per heavy atom. The summed E-state index contributed by atoms with van der Waals surface area (Å²) in [4.78, 5) is 51.9. The number of piperidine rings is 1. The van der Waals surface area contributed by atoms with Gasteiger partial charge in [-0.25, -0.2) is 4.39 Å². The number of likely N-dealkylation sites (tertiary alicyclic amines) is 1. The van der Waals surface area contributed by atoms with E-state index in [1.165, 1.54) is 0 Å². The fourth-order valence-corrected chi connectivity index (χ4v) is 6.23. The van der Waals surface area contributed by atoms with E-state index in [2.05, 4.69) is 10.6 Å². The molecule has 38 heavy (non-hydrogen) atoms. The number of hydrogen-bond acceptors (Lipinski definition) is 5. The number of rotatable bonds is 8. The van der Waals surface area contributed by atoms with Gasteiger partial charge in [0.1, 0.15) is 23.8 Å². The number of alkyl halides is 4. The Labute approximate surface area is 218 Å². The van der Waals surface area contributed by atoms with Gasteiger partial charge in [-0.1, -0.05) is 13.8 Å². The van der Waals surface area contributed by atoms with Crippen molar-refractivity contribution in [1.29, 1.82) is 5.26 Å². The Hall–Kier alpha value is -2.91. The molecule has 4 rings (SSSR count). The summed E-state index contributed by atoms with van der Waals surface area (Å²) in [5.41, 5.74) is -2.63. The Balaban J connectivity index is 1.51. The van der Waals surface area contributed by atoms with Crippen LogP contribution < -0.4 is 16.0 Å². The predicted octanol–water partition coefficient (Wildman–Crippen LogP) is 1.72. The van der Waals surface area contributed by atoms with E-state index in [1.54, 1.807) is 5.32 Å². The fraction of sp³-hybridized carbons (Fsp3) is 0.800. The zero-order valence-corrected chi connectivity index (χ0v) is 21.7. The minimum absolute atomic E-state index is 0.0582. The lowest BCUT2D eigenvalue weighted by molar-refractivity contribution is -0.175. The van der Waals surface area contributed by atoms with E-state index in [4.69, 9.17) is 0 Å². The molecule has 9 nitrogen and oxygen atoms in total. The minimum atomic E-state index is -5.27. The smallest absolute Gasteiger partial charge is 0.351 e. The molecule has 2 saturated heterocycles. The van der Waals surface area contributed by atoms with Crippen molar-refractivity contribution < 1.29 is 36.7 Å². The van der Waals surface area contributed by atoms with Crippen molar-refractivity contribution in [3.05, 3.63) is 0 Å². The normalized spacial score (nSPS) is 31.3. The Morgan fingerprint density at radius 2 is 1.82 bits per heavy atom. The number of nitriles is 1. The van der Waals surface area contributed by atoms with Crippen LogP contribution >= 0.6 is 0 Å². The summed E-state index contributed by atoms with van der Waals surface area (Å²) in [5.74, 6) is -5.14. The van der Waals surface area contributed by atoms with Gasteiger partial charge >= 0.3 is 12.1 Å². The number of carbonyl (C=O) groups is 4. The molecule has 2 heterocycles. The second kappa shape index (κ2) is 9.09. The van der Waals surface area contributed by atoms with Gasteiger partial charge in [0, 0.05) is 24.4 Å². The molecular formula is C25H33F4N5O4. The third kappa shape index (κ3) is 5.45. The summed E-state index contributed by atoms with van der Waals surface area (Å²) in [6.45, 7) is 7.56. The van der Waals surface area contributed by atoms with E-state index in [1.807, 2.05) is 33.8 Å². The number of carbonyl (C=O) groups excluding carboxylic acids is 4. The first-order valence-electron chi connectivity index (χ1n) is 12.8. The number of amides is 4. The highest BCUT2D eigenvalue weighted by atomic mass is 19.4. The van der Waals surface area contributed by atoms with E-state index in [-0.39, 0.29) is 49.0 Å². The van der Waals surface area contributed by atoms with Crippen molar-refractivity contribution in [2.75, 3.05) is 6.54 Å². The number of hydrogen-bond donors (Lipinski definition) is 3. The summed E-state index contributed by atoms with van der Waals surface area (Å²) in [7, 11) is 0. The lowest BCUT2D eigenvalue weighted by Crippen LogP contribution is -2.58. The van der Waals surface area contributed by atoms with Gasteiger partial charge < -0.3 is 20.9 Å². The maximum atomic E-state index is 14.6. The Kier molecular flexibility index (Phi) is 6.72. The van der Waals surface area contributed by atoms with Crippen LogP contribution in [0.3, 0.4) is 0 Å². The molecule has 210 valence electrons. The summed E-state index contributed by atoms with van der Waals surface area (Å²) in [6, 6.07) is -1.95. The first-order chi connectivity index (χ1) is 17.4. The van der Waals surface area contributed by atoms with Gasteiger partial charge in [-0.2, -0.15) is 18.4 Å². The lowest BCUT2D eigenvalue weighted by atomic mass is 9.91. The molecule has 0 aromatic carbocycles. The van der Waals surface area contributed by atoms with E-state index in [0.29, 0.717) is 6.42 Å². The molecule has 2 aliphatic heterocycles. The van der Waals surface area contributed by atoms with Crippen molar-refractivity contribution in [3.63, 3.8) is 0 Å². The van der Waals surface area contributed by atoms with Crippen LogP contribution in [0.4, 0.5) is 17.6 Å². The van der Waals surface area contributed by atoms with E-state index < -0.39 is 65.6 Å². The SMILES string of the molecule is CC1(C)C[C@@H](C[C@@H](C#N)NC(=O)[C@@H]2[C@@H]3[C@H](CN2C(=O)[C@H](CC2(F)CC2)NC(=O)C(F)(F)F)C3(C)C)C(=O)N1. The molecule has 3 N–H and O–H groups in total. The van der Waals surface area contributed by atoms with E-state index >= 15 is 0 Å². The molecule has 4 fully saturated rings. The maximum Gasteiger partial charge on any atom is 0.471 e. The summed E-state index contributed by atoms with van der Waals surface area (Å²) in [5, 5.41) is 16.7. The van der Waals surface area contributed by atoms with Crippen molar-refractivity contribution in [3.8, 4) is 6.07 Å². The fourth-order valence-electron chi connectivity index (χ4n) is 6.23. The Bertz CT molecular complexity index is 1080. The van der Waals surface area contributed by atoms with Crippen molar-refractivity contribution in [2.45, 2.75) is 95.3 Å². The van der Waals surface area contributed by atoms with Crippen LogP contribution in [0.1, 0.15) is 59.8 Å². The van der Waals surface area contributed by atoms with Crippen LogP contribution in [-0.4, -0.2) is 70.6 Å². The van der Waals surface area contributed by atoms with Crippen LogP contribution in [0.5, 0.6) is 0 Å². The maximum absolute atomic E-state index is 14.6. The molecule has 0 unspecified atom stereocenters. The van der Waals surface area contributed by atoms with E-state index in [0.717, 1.165) is 4.90 Å². The highest BCUT2D eigenvalue weighted by Gasteiger charge is 2.70. The van der Waals surface area contributed by atoms with E-state index in [9.17, 15) is 42.0 Å². The van der Waals surface area contributed by atoms with Gasteiger partial charge in [-0.15, -0.1) is 0 Å². The molecule has 0 spiro atoms. The molecule has 2 saturated carbocycles. The molecular weight excluding hydrogens is 510 g/mol. The van der Waals surface area contributed by atoms with Crippen LogP contribution in [0, 0.1) is 34.5 Å². The molecule has 0 bridgehead atoms. The summed E-state index contributed by atoms with van der Waals surface area (Å²) in [6.07, 6.45) is -5.22. The van der Waals surface area contributed by atoms with Crippen molar-refractivity contribution >= 4 is 23.6 Å². The molecule has 2 aliphatic carbocycles. The van der Waals surface area contributed by atoms with Gasteiger partial charge in [0.15, 0.2) is 0 Å². The number of nitrogens with one attached hydrogen (secondary N) is 3. The standard InChI is InChI=1S/C25H33F4N5O4/c1-22(2)8-12(18(35)33-22)7-13(10-30)31-19(36)17-16-14(23(16,3)4)11-34(17)20(37)15(9-24(26)5-6-24)32-21(38)25(27,28)29/h12-17H,5-9,11H2,1-4H3,(H,31,36)(H,32,38)(H,33,35)/t12-,13+,14+,15+,16+,17+/m1/s1. The molecule has 4 aliphatic rings. The predicted molar refractivity (Wildman–Crippen MR) is 124 cm³/mol. The van der Waals surface area contributed by atoms with Crippen LogP contribution in [0.25, 0.3) is 0 Å². The van der Waals surface area contributed by atoms with Gasteiger partial charge in [-0.05, 0) is 56.8 Å². The van der Waals surface area contributed by atoms with Crippen LogP contribution in [0.15, 0.2) is 0 Å². The summed E-state index contributed by atoms with van der Waals surface area (Å²) >= 11 is 0. The van der Waals surface area contributed by atoms with Gasteiger partial charge in [0.05, 0.1) is 6.07 Å². The second-order valence-electron chi connectivity index (χ2n) is 12.5. The zero-order valence-electron chi connectivity index (χ0n) is 21.7.